The molecule has 11 heteroatoms. The van der Waals surface area contributed by atoms with Gasteiger partial charge in [-0.1, -0.05) is 59.1 Å². The number of carbonyl (C=O) groups is 1. The Morgan fingerprint density at radius 1 is 1.00 bits per heavy atom. The van der Waals surface area contributed by atoms with E-state index < -0.39 is 34.0 Å². The summed E-state index contributed by atoms with van der Waals surface area (Å²) < 4.78 is 42.6. The third-order valence-corrected chi connectivity index (χ3v) is 8.22. The molecule has 34 heavy (non-hydrogen) atoms. The lowest BCUT2D eigenvalue weighted by Crippen LogP contribution is -2.55. The van der Waals surface area contributed by atoms with Gasteiger partial charge in [0, 0.05) is 18.8 Å². The van der Waals surface area contributed by atoms with E-state index in [1.807, 2.05) is 18.2 Å². The Bertz CT molecular complexity index is 1370. The van der Waals surface area contributed by atoms with E-state index in [1.165, 1.54) is 19.2 Å². The summed E-state index contributed by atoms with van der Waals surface area (Å²) in [6.45, 7) is 0. The standard InChI is InChI=1S/C23H19Cl3FN3O3S/c1-30-22(23(31)28-16-6-8-20(27)19(26)11-16)12-21(29-34(30,32)33)15-4-2-3-13(9-15)14-5-7-17(24)18(25)10-14/h2-11,21-22,29H,12H2,1H3,(H,28,31)/t21-,22+/m1/s1. The third-order valence-electron chi connectivity index (χ3n) is 5.60. The largest absolute Gasteiger partial charge is 0.325 e. The van der Waals surface area contributed by atoms with Crippen molar-refractivity contribution >= 4 is 56.6 Å². The number of hydrogen-bond donors (Lipinski definition) is 2. The molecule has 0 aromatic heterocycles. The Morgan fingerprint density at radius 3 is 2.44 bits per heavy atom. The molecule has 1 heterocycles. The molecule has 1 saturated heterocycles. The van der Waals surface area contributed by atoms with Gasteiger partial charge in [-0.25, -0.2) is 4.39 Å². The normalized spacial score (nSPS) is 20.1. The first-order valence-electron chi connectivity index (χ1n) is 10.1. The second kappa shape index (κ2) is 9.81. The van der Waals surface area contributed by atoms with Gasteiger partial charge in [0.2, 0.25) is 5.91 Å². The molecule has 6 nitrogen and oxygen atoms in total. The highest BCUT2D eigenvalue weighted by Gasteiger charge is 2.40. The van der Waals surface area contributed by atoms with Crippen molar-refractivity contribution in [2.24, 2.45) is 0 Å². The summed E-state index contributed by atoms with van der Waals surface area (Å²) in [6.07, 6.45) is 0.168. The molecule has 0 unspecified atom stereocenters. The summed E-state index contributed by atoms with van der Waals surface area (Å²) in [5.41, 5.74) is 2.58. The van der Waals surface area contributed by atoms with Crippen molar-refractivity contribution in [2.75, 3.05) is 12.4 Å². The van der Waals surface area contributed by atoms with Crippen LogP contribution in [0.5, 0.6) is 0 Å². The van der Waals surface area contributed by atoms with Crippen LogP contribution in [-0.2, 0) is 15.0 Å². The average Bonchev–Trinajstić information content (AvgIpc) is 2.79. The number of hydrogen-bond acceptors (Lipinski definition) is 3. The van der Waals surface area contributed by atoms with Gasteiger partial charge < -0.3 is 5.32 Å². The van der Waals surface area contributed by atoms with E-state index in [9.17, 15) is 17.6 Å². The van der Waals surface area contributed by atoms with Crippen LogP contribution in [0.3, 0.4) is 0 Å². The van der Waals surface area contributed by atoms with Crippen molar-refractivity contribution in [2.45, 2.75) is 18.5 Å². The van der Waals surface area contributed by atoms with Gasteiger partial charge in [0.25, 0.3) is 10.2 Å². The fourth-order valence-electron chi connectivity index (χ4n) is 3.74. The van der Waals surface area contributed by atoms with E-state index in [0.717, 1.165) is 21.5 Å². The monoisotopic (exact) mass is 541 g/mol. The number of rotatable bonds is 4. The topological polar surface area (TPSA) is 78.5 Å². The van der Waals surface area contributed by atoms with E-state index in [0.29, 0.717) is 15.6 Å². The SMILES string of the molecule is CN1[C@H](C(=O)Nc2ccc(F)c(Cl)c2)C[C@H](c2cccc(-c3ccc(Cl)c(Cl)c3)c2)NS1(=O)=O. The van der Waals surface area contributed by atoms with Crippen molar-refractivity contribution in [1.29, 1.82) is 0 Å². The second-order valence-corrected chi connectivity index (χ2v) is 10.8. The molecule has 3 aromatic rings. The molecule has 1 fully saturated rings. The quantitative estimate of drug-likeness (QED) is 0.446. The average molecular weight is 543 g/mol. The number of amides is 1. The molecule has 0 saturated carbocycles. The molecule has 4 rings (SSSR count). The molecule has 1 aliphatic heterocycles. The van der Waals surface area contributed by atoms with Crippen LogP contribution in [-0.4, -0.2) is 31.7 Å². The predicted molar refractivity (Wildman–Crippen MR) is 133 cm³/mol. The second-order valence-electron chi connectivity index (χ2n) is 7.82. The van der Waals surface area contributed by atoms with Gasteiger partial charge in [-0.3, -0.25) is 4.79 Å². The van der Waals surface area contributed by atoms with E-state index in [2.05, 4.69) is 10.0 Å². The van der Waals surface area contributed by atoms with Gasteiger partial charge in [0.15, 0.2) is 0 Å². The van der Waals surface area contributed by atoms with Gasteiger partial charge in [-0.2, -0.15) is 17.4 Å². The first-order valence-corrected chi connectivity index (χ1v) is 12.7. The zero-order valence-electron chi connectivity index (χ0n) is 17.7. The lowest BCUT2D eigenvalue weighted by molar-refractivity contribution is -0.120. The first-order chi connectivity index (χ1) is 16.0. The lowest BCUT2D eigenvalue weighted by Gasteiger charge is -2.36. The minimum atomic E-state index is -3.95. The molecule has 2 atom stereocenters. The fraction of sp³-hybridized carbons (Fsp3) is 0.174. The van der Waals surface area contributed by atoms with Gasteiger partial charge in [-0.15, -0.1) is 0 Å². The Balaban J connectivity index is 1.61. The molecule has 0 aliphatic carbocycles. The molecular formula is C23H19Cl3FN3O3S. The highest BCUT2D eigenvalue weighted by Crippen LogP contribution is 2.33. The Kier molecular flexibility index (Phi) is 7.19. The lowest BCUT2D eigenvalue weighted by atomic mass is 9.95. The minimum Gasteiger partial charge on any atom is -0.325 e. The maximum absolute atomic E-state index is 13.4. The molecule has 0 spiro atoms. The fourth-order valence-corrected chi connectivity index (χ4v) is 5.49. The molecule has 2 N–H and O–H groups in total. The summed E-state index contributed by atoms with van der Waals surface area (Å²) in [7, 11) is -2.63. The van der Waals surface area contributed by atoms with Crippen LogP contribution in [0, 0.1) is 5.82 Å². The maximum atomic E-state index is 13.4. The van der Waals surface area contributed by atoms with Crippen molar-refractivity contribution in [3.8, 4) is 11.1 Å². The van der Waals surface area contributed by atoms with Gasteiger partial charge in [0.05, 0.1) is 15.1 Å². The smallest absolute Gasteiger partial charge is 0.280 e. The molecule has 3 aromatic carbocycles. The summed E-state index contributed by atoms with van der Waals surface area (Å²) in [6, 6.07) is 14.6. The minimum absolute atomic E-state index is 0.152. The van der Waals surface area contributed by atoms with Crippen LogP contribution in [0.1, 0.15) is 18.0 Å². The zero-order valence-corrected chi connectivity index (χ0v) is 20.8. The first kappa shape index (κ1) is 24.9. The Morgan fingerprint density at radius 2 is 1.74 bits per heavy atom. The van der Waals surface area contributed by atoms with Gasteiger partial charge in [0.1, 0.15) is 11.9 Å². The highest BCUT2D eigenvalue weighted by atomic mass is 35.5. The number of benzene rings is 3. The molecule has 1 amide bonds. The Hall–Kier alpha value is -2.20. The van der Waals surface area contributed by atoms with E-state index in [-0.39, 0.29) is 17.1 Å². The number of likely N-dealkylation sites (N-methyl/N-ethyl adjacent to an activating group) is 1. The van der Waals surface area contributed by atoms with Crippen molar-refractivity contribution < 1.29 is 17.6 Å². The van der Waals surface area contributed by atoms with Crippen molar-refractivity contribution in [3.05, 3.63) is 87.1 Å². The van der Waals surface area contributed by atoms with Crippen molar-refractivity contribution in [1.82, 2.24) is 9.03 Å². The van der Waals surface area contributed by atoms with Gasteiger partial charge >= 0.3 is 0 Å². The Labute approximate surface area is 211 Å². The molecule has 1 aliphatic rings. The number of anilines is 1. The summed E-state index contributed by atoms with van der Waals surface area (Å²) in [5.74, 6) is -1.18. The highest BCUT2D eigenvalue weighted by molar-refractivity contribution is 7.87. The number of halogens is 4. The van der Waals surface area contributed by atoms with Crippen LogP contribution in [0.2, 0.25) is 15.1 Å². The van der Waals surface area contributed by atoms with E-state index in [1.54, 1.807) is 24.3 Å². The van der Waals surface area contributed by atoms with Crippen LogP contribution in [0.15, 0.2) is 60.7 Å². The summed E-state index contributed by atoms with van der Waals surface area (Å²) in [5, 5.41) is 3.30. The van der Waals surface area contributed by atoms with Crippen LogP contribution >= 0.6 is 34.8 Å². The van der Waals surface area contributed by atoms with Gasteiger partial charge in [-0.05, 0) is 59.5 Å². The summed E-state index contributed by atoms with van der Waals surface area (Å²) in [4.78, 5) is 13.0. The zero-order chi connectivity index (χ0) is 24.6. The molecular weight excluding hydrogens is 524 g/mol. The van der Waals surface area contributed by atoms with E-state index in [4.69, 9.17) is 34.8 Å². The molecule has 178 valence electrons. The number of carbonyl (C=O) groups excluding carboxylic acids is 1. The predicted octanol–water partition coefficient (Wildman–Crippen LogP) is 5.67. The third kappa shape index (κ3) is 5.22. The van der Waals surface area contributed by atoms with Crippen molar-refractivity contribution in [3.63, 3.8) is 0 Å². The molecule has 0 bridgehead atoms. The maximum Gasteiger partial charge on any atom is 0.280 e. The van der Waals surface area contributed by atoms with Crippen LogP contribution in [0.4, 0.5) is 10.1 Å². The summed E-state index contributed by atoms with van der Waals surface area (Å²) >= 11 is 17.9. The van der Waals surface area contributed by atoms with Crippen LogP contribution in [0.25, 0.3) is 11.1 Å². The number of nitrogens with one attached hydrogen (secondary N) is 2. The number of nitrogens with zero attached hydrogens (tertiary/aromatic N) is 1. The van der Waals surface area contributed by atoms with Crippen LogP contribution < -0.4 is 10.0 Å². The van der Waals surface area contributed by atoms with E-state index >= 15 is 0 Å². The molecule has 0 radical (unpaired) electrons.